The molecule has 126 valence electrons. The molecule has 1 aliphatic heterocycles. The Morgan fingerprint density at radius 1 is 1.09 bits per heavy atom. The van der Waals surface area contributed by atoms with E-state index >= 15 is 0 Å². The zero-order valence-electron chi connectivity index (χ0n) is 13.9. The highest BCUT2D eigenvalue weighted by Gasteiger charge is 2.36. The Morgan fingerprint density at radius 2 is 1.78 bits per heavy atom. The number of hydrogen-bond acceptors (Lipinski definition) is 5. The minimum Gasteiger partial charge on any atom is -0.465 e. The van der Waals surface area contributed by atoms with Gasteiger partial charge in [-0.15, -0.1) is 0 Å². The van der Waals surface area contributed by atoms with E-state index in [1.54, 1.807) is 13.8 Å². The second-order valence-corrected chi connectivity index (χ2v) is 5.86. The van der Waals surface area contributed by atoms with Crippen molar-refractivity contribution in [3.8, 4) is 0 Å². The maximum atomic E-state index is 11.6. The van der Waals surface area contributed by atoms with Gasteiger partial charge in [0.1, 0.15) is 6.10 Å². The topological polar surface area (TPSA) is 55.8 Å². The quantitative estimate of drug-likeness (QED) is 0.722. The Kier molecular flexibility index (Phi) is 6.59. The number of esters is 2. The molecule has 1 heterocycles. The molecule has 0 saturated carbocycles. The van der Waals surface area contributed by atoms with Crippen LogP contribution in [0, 0.1) is 5.92 Å². The molecule has 1 fully saturated rings. The van der Waals surface area contributed by atoms with Gasteiger partial charge in [0.2, 0.25) is 0 Å². The Hall–Kier alpha value is -1.88. The fourth-order valence-electron chi connectivity index (χ4n) is 2.75. The lowest BCUT2D eigenvalue weighted by molar-refractivity contribution is -0.152. The summed E-state index contributed by atoms with van der Waals surface area (Å²) in [5.41, 5.74) is 1.22. The van der Waals surface area contributed by atoms with Gasteiger partial charge in [-0.1, -0.05) is 44.2 Å². The summed E-state index contributed by atoms with van der Waals surface area (Å²) >= 11 is 0. The third-order valence-electron chi connectivity index (χ3n) is 4.02. The first-order valence-corrected chi connectivity index (χ1v) is 8.23. The monoisotopic (exact) mass is 319 g/mol. The van der Waals surface area contributed by atoms with E-state index in [-0.39, 0.29) is 24.0 Å². The molecular weight excluding hydrogens is 294 g/mol. The van der Waals surface area contributed by atoms with Gasteiger partial charge < -0.3 is 9.47 Å². The minimum atomic E-state index is -0.216. The highest BCUT2D eigenvalue weighted by atomic mass is 16.6. The molecule has 5 nitrogen and oxygen atoms in total. The summed E-state index contributed by atoms with van der Waals surface area (Å²) in [4.78, 5) is 25.3. The van der Waals surface area contributed by atoms with Crippen molar-refractivity contribution in [2.24, 2.45) is 5.92 Å². The summed E-state index contributed by atoms with van der Waals surface area (Å²) in [5, 5.41) is 0. The van der Waals surface area contributed by atoms with Gasteiger partial charge in [-0.2, -0.15) is 0 Å². The summed E-state index contributed by atoms with van der Waals surface area (Å²) in [6.07, 6.45) is 0.507. The maximum Gasteiger partial charge on any atom is 0.305 e. The molecule has 0 radical (unpaired) electrons. The van der Waals surface area contributed by atoms with Gasteiger partial charge in [0.15, 0.2) is 0 Å². The van der Waals surface area contributed by atoms with Crippen LogP contribution in [0.1, 0.15) is 32.3 Å². The number of carbonyl (C=O) groups is 2. The standard InChI is InChI=1S/C18H25NO4/c1-3-17(20)22-13-15-11-19(10-14-8-6-5-7-9-14)12-16(15)23-18(21)4-2/h5-9,15-16H,3-4,10-13H2,1-2H3/t15-,16-/m1/s1. The molecule has 2 atom stereocenters. The summed E-state index contributed by atoms with van der Waals surface area (Å²) in [5.74, 6) is -0.389. The summed E-state index contributed by atoms with van der Waals surface area (Å²) in [7, 11) is 0. The van der Waals surface area contributed by atoms with Gasteiger partial charge in [-0.25, -0.2) is 0 Å². The first kappa shape index (κ1) is 17.5. The lowest BCUT2D eigenvalue weighted by atomic mass is 10.1. The lowest BCUT2D eigenvalue weighted by Crippen LogP contribution is -2.29. The molecule has 0 aromatic heterocycles. The van der Waals surface area contributed by atoms with E-state index in [0.29, 0.717) is 26.0 Å². The Labute approximate surface area is 137 Å². The van der Waals surface area contributed by atoms with Crippen molar-refractivity contribution >= 4 is 11.9 Å². The fraction of sp³-hybridized carbons (Fsp3) is 0.556. The van der Waals surface area contributed by atoms with E-state index in [0.717, 1.165) is 13.1 Å². The molecule has 0 aliphatic carbocycles. The van der Waals surface area contributed by atoms with Crippen LogP contribution in [0.2, 0.25) is 0 Å². The average molecular weight is 319 g/mol. The zero-order chi connectivity index (χ0) is 16.7. The highest BCUT2D eigenvalue weighted by molar-refractivity contribution is 5.69. The fourth-order valence-corrected chi connectivity index (χ4v) is 2.75. The van der Waals surface area contributed by atoms with Crippen LogP contribution in [0.25, 0.3) is 0 Å². The van der Waals surface area contributed by atoms with E-state index in [2.05, 4.69) is 17.0 Å². The van der Waals surface area contributed by atoms with Crippen LogP contribution in [0.15, 0.2) is 30.3 Å². The molecular formula is C18H25NO4. The summed E-state index contributed by atoms with van der Waals surface area (Å²) < 4.78 is 10.8. The van der Waals surface area contributed by atoms with Gasteiger partial charge in [0.05, 0.1) is 6.61 Å². The molecule has 1 aromatic carbocycles. The number of benzene rings is 1. The number of nitrogens with zero attached hydrogens (tertiary/aromatic N) is 1. The van der Waals surface area contributed by atoms with Crippen LogP contribution in [-0.4, -0.2) is 42.6 Å². The molecule has 0 unspecified atom stereocenters. The molecule has 5 heteroatoms. The first-order chi connectivity index (χ1) is 11.1. The largest absolute Gasteiger partial charge is 0.465 e. The van der Waals surface area contributed by atoms with Crippen LogP contribution in [-0.2, 0) is 25.6 Å². The van der Waals surface area contributed by atoms with Crippen molar-refractivity contribution in [1.29, 1.82) is 0 Å². The molecule has 2 rings (SSSR count). The molecule has 1 saturated heterocycles. The smallest absolute Gasteiger partial charge is 0.305 e. The predicted molar refractivity (Wildman–Crippen MR) is 86.6 cm³/mol. The average Bonchev–Trinajstić information content (AvgIpc) is 2.94. The van der Waals surface area contributed by atoms with Crippen molar-refractivity contribution in [3.63, 3.8) is 0 Å². The molecule has 0 spiro atoms. The lowest BCUT2D eigenvalue weighted by Gasteiger charge is -2.18. The number of hydrogen-bond donors (Lipinski definition) is 0. The second kappa shape index (κ2) is 8.67. The molecule has 23 heavy (non-hydrogen) atoms. The zero-order valence-corrected chi connectivity index (χ0v) is 13.9. The SMILES string of the molecule is CCC(=O)OC[C@H]1CN(Cc2ccccc2)C[C@H]1OC(=O)CC. The van der Waals surface area contributed by atoms with Crippen molar-refractivity contribution in [3.05, 3.63) is 35.9 Å². The molecule has 0 N–H and O–H groups in total. The van der Waals surface area contributed by atoms with Crippen molar-refractivity contribution in [2.75, 3.05) is 19.7 Å². The minimum absolute atomic E-state index is 0.0321. The molecule has 0 bridgehead atoms. The van der Waals surface area contributed by atoms with E-state index in [1.807, 2.05) is 18.2 Å². The highest BCUT2D eigenvalue weighted by Crippen LogP contribution is 2.23. The third kappa shape index (κ3) is 5.36. The van der Waals surface area contributed by atoms with Crippen molar-refractivity contribution < 1.29 is 19.1 Å². The Morgan fingerprint density at radius 3 is 2.43 bits per heavy atom. The number of ether oxygens (including phenoxy) is 2. The number of likely N-dealkylation sites (tertiary alicyclic amines) is 1. The van der Waals surface area contributed by atoms with Gasteiger partial charge in [-0.05, 0) is 5.56 Å². The van der Waals surface area contributed by atoms with Gasteiger partial charge in [-0.3, -0.25) is 14.5 Å². The molecule has 0 amide bonds. The van der Waals surface area contributed by atoms with E-state index in [1.165, 1.54) is 5.56 Å². The normalized spacial score (nSPS) is 21.1. The van der Waals surface area contributed by atoms with Crippen LogP contribution in [0.3, 0.4) is 0 Å². The van der Waals surface area contributed by atoms with Gasteiger partial charge >= 0.3 is 11.9 Å². The Bertz CT molecular complexity index is 517. The second-order valence-electron chi connectivity index (χ2n) is 5.86. The summed E-state index contributed by atoms with van der Waals surface area (Å²) in [6, 6.07) is 10.2. The Balaban J connectivity index is 1.95. The van der Waals surface area contributed by atoms with Crippen LogP contribution < -0.4 is 0 Å². The number of rotatable bonds is 7. The summed E-state index contributed by atoms with van der Waals surface area (Å²) in [6.45, 7) is 6.10. The van der Waals surface area contributed by atoms with Crippen LogP contribution in [0.5, 0.6) is 0 Å². The van der Waals surface area contributed by atoms with E-state index in [9.17, 15) is 9.59 Å². The van der Waals surface area contributed by atoms with Crippen molar-refractivity contribution in [1.82, 2.24) is 4.90 Å². The van der Waals surface area contributed by atoms with Crippen molar-refractivity contribution in [2.45, 2.75) is 39.3 Å². The van der Waals surface area contributed by atoms with Gasteiger partial charge in [0, 0.05) is 38.4 Å². The first-order valence-electron chi connectivity index (χ1n) is 8.23. The van der Waals surface area contributed by atoms with E-state index in [4.69, 9.17) is 9.47 Å². The van der Waals surface area contributed by atoms with Gasteiger partial charge in [0.25, 0.3) is 0 Å². The van der Waals surface area contributed by atoms with Crippen LogP contribution >= 0.6 is 0 Å². The van der Waals surface area contributed by atoms with E-state index < -0.39 is 0 Å². The number of carbonyl (C=O) groups excluding carboxylic acids is 2. The maximum absolute atomic E-state index is 11.6. The molecule has 1 aliphatic rings. The third-order valence-corrected chi connectivity index (χ3v) is 4.02. The predicted octanol–water partition coefficient (Wildman–Crippen LogP) is 2.39. The van der Waals surface area contributed by atoms with Crippen LogP contribution in [0.4, 0.5) is 0 Å². The molecule has 1 aromatic rings.